The van der Waals surface area contributed by atoms with Gasteiger partial charge in [-0.1, -0.05) is 46.8 Å². The van der Waals surface area contributed by atoms with E-state index in [2.05, 4.69) is 24.1 Å². The van der Waals surface area contributed by atoms with Crippen LogP contribution in [0.25, 0.3) is 0 Å². The number of hydrogen-bond donors (Lipinski definition) is 1. The highest BCUT2D eigenvalue weighted by molar-refractivity contribution is 8.00. The van der Waals surface area contributed by atoms with Crippen LogP contribution in [0, 0.1) is 11.7 Å². The first-order valence-electron chi connectivity index (χ1n) is 14.1. The Balaban J connectivity index is 1.41. The molecule has 3 unspecified atom stereocenters. The average molecular weight is 651 g/mol. The molecular weight excluding hydrogens is 623 g/mol. The molecule has 3 amide bonds. The van der Waals surface area contributed by atoms with Gasteiger partial charge in [0.15, 0.2) is 0 Å². The van der Waals surface area contributed by atoms with Crippen LogP contribution in [0.5, 0.6) is 0 Å². The van der Waals surface area contributed by atoms with Gasteiger partial charge in [0, 0.05) is 40.3 Å². The van der Waals surface area contributed by atoms with Gasteiger partial charge in [-0.2, -0.15) is 0 Å². The Morgan fingerprint density at radius 1 is 0.932 bits per heavy atom. The number of nitrogens with zero attached hydrogens (tertiary/aromatic N) is 3. The van der Waals surface area contributed by atoms with Gasteiger partial charge in [-0.05, 0) is 80.1 Å². The molecule has 4 aromatic rings. The SMILES string of the molecule is CCN(CC)c1ccc(C2c3sc(=O)n(CC(=O)Nc4ccc(Cl)cc4)c3SC3C(=O)N(c4ccc(F)cc4)C(=O)C32)cc1. The number of benzene rings is 3. The molecule has 0 saturated carbocycles. The number of thiazole rings is 1. The monoisotopic (exact) mass is 650 g/mol. The Hall–Kier alpha value is -3.93. The summed E-state index contributed by atoms with van der Waals surface area (Å²) in [4.78, 5) is 57.9. The maximum Gasteiger partial charge on any atom is 0.308 e. The van der Waals surface area contributed by atoms with Crippen LogP contribution in [0.2, 0.25) is 5.02 Å². The van der Waals surface area contributed by atoms with Gasteiger partial charge in [-0.25, -0.2) is 9.29 Å². The number of carbonyl (C=O) groups excluding carboxylic acids is 3. The number of anilines is 3. The number of hydrogen-bond acceptors (Lipinski definition) is 7. The number of rotatable bonds is 8. The van der Waals surface area contributed by atoms with Crippen molar-refractivity contribution in [1.29, 1.82) is 0 Å². The molecule has 1 saturated heterocycles. The summed E-state index contributed by atoms with van der Waals surface area (Å²) in [6.07, 6.45) is 0. The van der Waals surface area contributed by atoms with E-state index in [1.165, 1.54) is 28.8 Å². The highest BCUT2D eigenvalue weighted by atomic mass is 35.5. The molecule has 12 heteroatoms. The lowest BCUT2D eigenvalue weighted by Gasteiger charge is -2.31. The lowest BCUT2D eigenvalue weighted by Crippen LogP contribution is -2.33. The molecule has 0 spiro atoms. The van der Waals surface area contributed by atoms with Crippen molar-refractivity contribution < 1.29 is 18.8 Å². The maximum absolute atomic E-state index is 14.0. The second-order valence-electron chi connectivity index (χ2n) is 10.5. The third-order valence-corrected chi connectivity index (χ3v) is 10.8. The number of thioether (sulfide) groups is 1. The minimum Gasteiger partial charge on any atom is -0.372 e. The molecule has 3 atom stereocenters. The summed E-state index contributed by atoms with van der Waals surface area (Å²) in [7, 11) is 0. The van der Waals surface area contributed by atoms with Crippen LogP contribution in [0.3, 0.4) is 0 Å². The second-order valence-corrected chi connectivity index (χ2v) is 13.0. The minimum absolute atomic E-state index is 0.269. The first kappa shape index (κ1) is 30.1. The van der Waals surface area contributed by atoms with E-state index in [-0.39, 0.29) is 17.1 Å². The number of carbonyl (C=O) groups is 3. The maximum atomic E-state index is 14.0. The lowest BCUT2D eigenvalue weighted by molar-refractivity contribution is -0.122. The summed E-state index contributed by atoms with van der Waals surface area (Å²) in [5, 5.41) is 2.96. The molecule has 0 aliphatic carbocycles. The molecule has 0 bridgehead atoms. The van der Waals surface area contributed by atoms with Crippen LogP contribution in [0.4, 0.5) is 21.5 Å². The molecule has 1 aromatic heterocycles. The fourth-order valence-corrected chi connectivity index (χ4v) is 8.72. The van der Waals surface area contributed by atoms with Crippen LogP contribution >= 0.6 is 34.7 Å². The third kappa shape index (κ3) is 5.44. The Morgan fingerprint density at radius 3 is 2.23 bits per heavy atom. The molecule has 1 N–H and O–H groups in total. The summed E-state index contributed by atoms with van der Waals surface area (Å²) in [5.74, 6) is -3.13. The number of halogens is 2. The molecule has 2 aliphatic rings. The fourth-order valence-electron chi connectivity index (χ4n) is 5.82. The van der Waals surface area contributed by atoms with Crippen molar-refractivity contribution in [2.45, 2.75) is 36.6 Å². The van der Waals surface area contributed by atoms with E-state index in [4.69, 9.17) is 11.6 Å². The van der Waals surface area contributed by atoms with Crippen LogP contribution < -0.4 is 20.0 Å². The molecule has 3 heterocycles. The van der Waals surface area contributed by atoms with E-state index < -0.39 is 40.6 Å². The topological polar surface area (TPSA) is 91.7 Å². The summed E-state index contributed by atoms with van der Waals surface area (Å²) in [6, 6.07) is 19.7. The van der Waals surface area contributed by atoms with Crippen molar-refractivity contribution in [3.8, 4) is 0 Å². The van der Waals surface area contributed by atoms with Gasteiger partial charge >= 0.3 is 4.87 Å². The van der Waals surface area contributed by atoms with E-state index in [1.54, 1.807) is 24.3 Å². The zero-order valence-electron chi connectivity index (χ0n) is 23.8. The van der Waals surface area contributed by atoms with E-state index in [0.29, 0.717) is 20.6 Å². The predicted octanol–water partition coefficient (Wildman–Crippen LogP) is 5.98. The van der Waals surface area contributed by atoms with E-state index >= 15 is 0 Å². The number of nitrogens with one attached hydrogen (secondary N) is 1. The van der Waals surface area contributed by atoms with E-state index in [1.807, 2.05) is 24.3 Å². The van der Waals surface area contributed by atoms with Crippen LogP contribution in [-0.4, -0.2) is 40.6 Å². The smallest absolute Gasteiger partial charge is 0.308 e. The second kappa shape index (κ2) is 12.2. The number of aromatic nitrogens is 1. The summed E-state index contributed by atoms with van der Waals surface area (Å²) in [6.45, 7) is 5.53. The first-order chi connectivity index (χ1) is 21.2. The zero-order valence-corrected chi connectivity index (χ0v) is 26.2. The summed E-state index contributed by atoms with van der Waals surface area (Å²) in [5.41, 5.74) is 2.63. The Labute approximate surface area is 266 Å². The number of imide groups is 1. The van der Waals surface area contributed by atoms with Gasteiger partial charge in [0.25, 0.3) is 0 Å². The average Bonchev–Trinajstić information content (AvgIpc) is 3.46. The van der Waals surface area contributed by atoms with Gasteiger partial charge in [0.05, 0.1) is 16.6 Å². The van der Waals surface area contributed by atoms with Crippen molar-refractivity contribution >= 4 is 69.5 Å². The molecule has 1 fully saturated rings. The molecule has 44 heavy (non-hydrogen) atoms. The molecule has 6 rings (SSSR count). The Morgan fingerprint density at radius 2 is 1.59 bits per heavy atom. The molecule has 8 nitrogen and oxygen atoms in total. The Kier molecular flexibility index (Phi) is 8.36. The first-order valence-corrected chi connectivity index (χ1v) is 16.2. The molecule has 2 aliphatic heterocycles. The quantitative estimate of drug-likeness (QED) is 0.236. The van der Waals surface area contributed by atoms with Crippen molar-refractivity contribution in [3.05, 3.63) is 104 Å². The third-order valence-electron chi connectivity index (χ3n) is 7.94. The summed E-state index contributed by atoms with van der Waals surface area (Å²) < 4.78 is 15.1. The summed E-state index contributed by atoms with van der Waals surface area (Å²) >= 11 is 8.08. The van der Waals surface area contributed by atoms with Gasteiger partial charge in [-0.15, -0.1) is 0 Å². The number of fused-ring (bicyclic) bond motifs is 2. The Bertz CT molecular complexity index is 1790. The van der Waals surface area contributed by atoms with Gasteiger partial charge in [-0.3, -0.25) is 23.7 Å². The van der Waals surface area contributed by atoms with Crippen molar-refractivity contribution in [2.24, 2.45) is 5.92 Å². The minimum atomic E-state index is -0.841. The highest BCUT2D eigenvalue weighted by Crippen LogP contribution is 2.54. The van der Waals surface area contributed by atoms with Gasteiger partial charge in [0.2, 0.25) is 17.7 Å². The van der Waals surface area contributed by atoms with E-state index in [9.17, 15) is 23.6 Å². The van der Waals surface area contributed by atoms with Crippen LogP contribution in [0.1, 0.15) is 30.2 Å². The van der Waals surface area contributed by atoms with Crippen LogP contribution in [-0.2, 0) is 20.9 Å². The molecule has 0 radical (unpaired) electrons. The highest BCUT2D eigenvalue weighted by Gasteiger charge is 2.56. The standard InChI is InChI=1S/C32H28ClFN4O4S2/c1-3-36(4-2)22-13-5-18(6-14-22)25-26-27(30(41)38(29(26)40)23-15-9-20(34)10-16-23)43-31-28(25)44-32(42)37(31)17-24(39)35-21-11-7-19(33)8-12-21/h5-16,25-27H,3-4,17H2,1-2H3,(H,35,39). The van der Waals surface area contributed by atoms with Crippen LogP contribution in [0.15, 0.2) is 82.6 Å². The van der Waals surface area contributed by atoms with Gasteiger partial charge < -0.3 is 10.2 Å². The number of amides is 3. The fraction of sp³-hybridized carbons (Fsp3) is 0.250. The van der Waals surface area contributed by atoms with Gasteiger partial charge in [0.1, 0.15) is 17.6 Å². The lowest BCUT2D eigenvalue weighted by atomic mass is 9.83. The molecular formula is C32H28ClFN4O4S2. The molecule has 3 aromatic carbocycles. The zero-order chi connectivity index (χ0) is 31.1. The van der Waals surface area contributed by atoms with E-state index in [0.717, 1.165) is 52.3 Å². The predicted molar refractivity (Wildman–Crippen MR) is 173 cm³/mol. The largest absolute Gasteiger partial charge is 0.372 e. The molecule has 226 valence electrons. The van der Waals surface area contributed by atoms with Crippen molar-refractivity contribution in [2.75, 3.05) is 28.2 Å². The van der Waals surface area contributed by atoms with Crippen molar-refractivity contribution in [3.63, 3.8) is 0 Å². The normalized spacial score (nSPS) is 19.1. The van der Waals surface area contributed by atoms with Crippen molar-refractivity contribution in [1.82, 2.24) is 4.57 Å².